The topological polar surface area (TPSA) is 70.8 Å². The zero-order valence-electron chi connectivity index (χ0n) is 10.9. The summed E-state index contributed by atoms with van der Waals surface area (Å²) in [5.74, 6) is -1.28. The Morgan fingerprint density at radius 1 is 1.40 bits per heavy atom. The zero-order valence-corrected chi connectivity index (χ0v) is 10.9. The molecule has 0 spiro atoms. The number of rotatable bonds is 2. The first-order valence-corrected chi connectivity index (χ1v) is 6.27. The van der Waals surface area contributed by atoms with Gasteiger partial charge in [0.15, 0.2) is 5.76 Å². The Kier molecular flexibility index (Phi) is 2.82. The fourth-order valence-corrected chi connectivity index (χ4v) is 2.40. The molecule has 0 saturated heterocycles. The van der Waals surface area contributed by atoms with Gasteiger partial charge in [-0.15, -0.1) is 0 Å². The number of aryl methyl sites for hydroxylation is 1. The second-order valence-electron chi connectivity index (χ2n) is 4.77. The minimum atomic E-state index is -1.04. The van der Waals surface area contributed by atoms with Crippen LogP contribution >= 0.6 is 0 Å². The van der Waals surface area contributed by atoms with Crippen LogP contribution < -0.4 is 0 Å². The first kappa shape index (κ1) is 12.5. The molecule has 1 atom stereocenters. The van der Waals surface area contributed by atoms with Gasteiger partial charge >= 0.3 is 5.97 Å². The summed E-state index contributed by atoms with van der Waals surface area (Å²) in [7, 11) is 0. The average molecular weight is 271 g/mol. The summed E-state index contributed by atoms with van der Waals surface area (Å²) in [6.07, 6.45) is 3.18. The van der Waals surface area contributed by atoms with E-state index in [4.69, 9.17) is 9.52 Å². The molecule has 102 valence electrons. The van der Waals surface area contributed by atoms with Crippen LogP contribution in [0, 0.1) is 6.92 Å². The van der Waals surface area contributed by atoms with Crippen molar-refractivity contribution in [3.05, 3.63) is 47.7 Å². The van der Waals surface area contributed by atoms with Crippen molar-refractivity contribution in [3.63, 3.8) is 0 Å². The van der Waals surface area contributed by atoms with Gasteiger partial charge in [-0.1, -0.05) is 30.4 Å². The molecule has 1 aromatic carbocycles. The van der Waals surface area contributed by atoms with Crippen LogP contribution in [0.15, 0.2) is 40.8 Å². The predicted molar refractivity (Wildman–Crippen MR) is 72.6 cm³/mol. The second kappa shape index (κ2) is 4.52. The highest BCUT2D eigenvalue weighted by atomic mass is 16.4. The molecule has 1 aliphatic rings. The van der Waals surface area contributed by atoms with Gasteiger partial charge < -0.3 is 14.4 Å². The van der Waals surface area contributed by atoms with Crippen molar-refractivity contribution in [2.24, 2.45) is 0 Å². The third kappa shape index (κ3) is 1.87. The number of carboxylic acids is 1. The maximum absolute atomic E-state index is 12.4. The molecular formula is C15H13NO4. The highest BCUT2D eigenvalue weighted by molar-refractivity contribution is 5.99. The smallest absolute Gasteiger partial charge is 0.330 e. The van der Waals surface area contributed by atoms with Crippen LogP contribution in [0.3, 0.4) is 0 Å². The van der Waals surface area contributed by atoms with Crippen LogP contribution in [0.1, 0.15) is 16.1 Å². The molecule has 0 fully saturated rings. The lowest BCUT2D eigenvalue weighted by molar-refractivity contribution is -0.140. The third-order valence-electron chi connectivity index (χ3n) is 3.42. The highest BCUT2D eigenvalue weighted by Gasteiger charge is 2.32. The van der Waals surface area contributed by atoms with Gasteiger partial charge in [0, 0.05) is 11.9 Å². The number of aliphatic carboxylic acids is 1. The van der Waals surface area contributed by atoms with Gasteiger partial charge in [-0.2, -0.15) is 0 Å². The summed E-state index contributed by atoms with van der Waals surface area (Å²) in [5.41, 5.74) is 1.60. The van der Waals surface area contributed by atoms with E-state index in [9.17, 15) is 9.59 Å². The SMILES string of the molecule is Cc1cccc2cc(C(=O)N3CC=C[C@H]3C(=O)O)oc12. The summed E-state index contributed by atoms with van der Waals surface area (Å²) >= 11 is 0. The van der Waals surface area contributed by atoms with Crippen LogP contribution in [0.2, 0.25) is 0 Å². The van der Waals surface area contributed by atoms with E-state index in [0.717, 1.165) is 10.9 Å². The van der Waals surface area contributed by atoms with E-state index >= 15 is 0 Å². The molecule has 0 radical (unpaired) electrons. The van der Waals surface area contributed by atoms with Crippen LogP contribution in [-0.4, -0.2) is 34.5 Å². The van der Waals surface area contributed by atoms with Crippen molar-refractivity contribution < 1.29 is 19.1 Å². The van der Waals surface area contributed by atoms with Crippen molar-refractivity contribution in [2.75, 3.05) is 6.54 Å². The number of carbonyl (C=O) groups is 2. The molecule has 0 unspecified atom stereocenters. The van der Waals surface area contributed by atoms with Gasteiger partial charge in [-0.25, -0.2) is 4.79 Å². The number of amides is 1. The molecule has 2 aromatic rings. The highest BCUT2D eigenvalue weighted by Crippen LogP contribution is 2.24. The van der Waals surface area contributed by atoms with E-state index in [1.54, 1.807) is 12.1 Å². The molecule has 1 aromatic heterocycles. The number of hydrogen-bond acceptors (Lipinski definition) is 3. The number of furan rings is 1. The lowest BCUT2D eigenvalue weighted by Crippen LogP contribution is -2.40. The Hall–Kier alpha value is -2.56. The van der Waals surface area contributed by atoms with Crippen molar-refractivity contribution in [1.29, 1.82) is 0 Å². The van der Waals surface area contributed by atoms with Gasteiger partial charge in [-0.05, 0) is 18.6 Å². The van der Waals surface area contributed by atoms with Crippen molar-refractivity contribution in [1.82, 2.24) is 4.90 Å². The lowest BCUT2D eigenvalue weighted by Gasteiger charge is -2.19. The summed E-state index contributed by atoms with van der Waals surface area (Å²) in [4.78, 5) is 24.7. The predicted octanol–water partition coefficient (Wildman–Crippen LogP) is 2.21. The summed E-state index contributed by atoms with van der Waals surface area (Å²) in [5, 5.41) is 9.93. The van der Waals surface area contributed by atoms with Gasteiger partial charge in [0.25, 0.3) is 5.91 Å². The molecule has 0 bridgehead atoms. The first-order chi connectivity index (χ1) is 9.58. The standard InChI is InChI=1S/C15H13NO4/c1-9-4-2-5-10-8-12(20-13(9)10)14(17)16-7-3-6-11(16)15(18)19/h2-6,8,11H,7H2,1H3,(H,18,19)/t11-/m0/s1. The molecule has 0 aliphatic carbocycles. The van der Waals surface area contributed by atoms with Crippen LogP contribution in [0.25, 0.3) is 11.0 Å². The minimum absolute atomic E-state index is 0.171. The first-order valence-electron chi connectivity index (χ1n) is 6.27. The summed E-state index contributed by atoms with van der Waals surface area (Å²) in [6, 6.07) is 6.38. The zero-order chi connectivity index (χ0) is 14.3. The van der Waals surface area contributed by atoms with E-state index in [-0.39, 0.29) is 12.3 Å². The largest absolute Gasteiger partial charge is 0.479 e. The lowest BCUT2D eigenvalue weighted by atomic mass is 10.2. The Morgan fingerprint density at radius 2 is 2.20 bits per heavy atom. The number of para-hydroxylation sites is 1. The Morgan fingerprint density at radius 3 is 2.90 bits per heavy atom. The van der Waals surface area contributed by atoms with Gasteiger partial charge in [-0.3, -0.25) is 4.79 Å². The van der Waals surface area contributed by atoms with Crippen molar-refractivity contribution in [2.45, 2.75) is 13.0 Å². The number of nitrogens with zero attached hydrogens (tertiary/aromatic N) is 1. The Bertz CT molecular complexity index is 729. The molecule has 0 saturated carbocycles. The average Bonchev–Trinajstić information content (AvgIpc) is 3.05. The number of carboxylic acid groups (broad SMARTS) is 1. The van der Waals surface area contributed by atoms with Crippen LogP contribution in [-0.2, 0) is 4.79 Å². The van der Waals surface area contributed by atoms with Crippen LogP contribution in [0.5, 0.6) is 0 Å². The number of carbonyl (C=O) groups excluding carboxylic acids is 1. The fraction of sp³-hybridized carbons (Fsp3) is 0.200. The molecule has 5 heteroatoms. The van der Waals surface area contributed by atoms with E-state index in [1.807, 2.05) is 25.1 Å². The fourth-order valence-electron chi connectivity index (χ4n) is 2.40. The maximum Gasteiger partial charge on any atom is 0.330 e. The number of fused-ring (bicyclic) bond motifs is 1. The number of hydrogen-bond donors (Lipinski definition) is 1. The van der Waals surface area contributed by atoms with Gasteiger partial charge in [0.05, 0.1) is 0 Å². The molecule has 2 heterocycles. The normalized spacial score (nSPS) is 17.9. The summed E-state index contributed by atoms with van der Waals surface area (Å²) < 4.78 is 5.59. The minimum Gasteiger partial charge on any atom is -0.479 e. The quantitative estimate of drug-likeness (QED) is 0.850. The van der Waals surface area contributed by atoms with Crippen molar-refractivity contribution in [3.8, 4) is 0 Å². The van der Waals surface area contributed by atoms with Crippen molar-refractivity contribution >= 4 is 22.8 Å². The second-order valence-corrected chi connectivity index (χ2v) is 4.77. The molecule has 1 aliphatic heterocycles. The Balaban J connectivity index is 1.97. The maximum atomic E-state index is 12.4. The van der Waals surface area contributed by atoms with Gasteiger partial charge in [0.1, 0.15) is 11.6 Å². The molecule has 1 amide bonds. The molecule has 5 nitrogen and oxygen atoms in total. The summed E-state index contributed by atoms with van der Waals surface area (Å²) in [6.45, 7) is 2.18. The van der Waals surface area contributed by atoms with E-state index in [0.29, 0.717) is 5.58 Å². The molecular weight excluding hydrogens is 258 g/mol. The molecule has 20 heavy (non-hydrogen) atoms. The van der Waals surface area contributed by atoms with Gasteiger partial charge in [0.2, 0.25) is 0 Å². The molecule has 3 rings (SSSR count). The number of benzene rings is 1. The van der Waals surface area contributed by atoms with E-state index < -0.39 is 17.9 Å². The monoisotopic (exact) mass is 271 g/mol. The van der Waals surface area contributed by atoms with E-state index in [2.05, 4.69) is 0 Å². The third-order valence-corrected chi connectivity index (χ3v) is 3.42. The Labute approximate surface area is 115 Å². The van der Waals surface area contributed by atoms with E-state index in [1.165, 1.54) is 11.0 Å². The molecule has 1 N–H and O–H groups in total. The van der Waals surface area contributed by atoms with Crippen LogP contribution in [0.4, 0.5) is 0 Å².